The van der Waals surface area contributed by atoms with Crippen LogP contribution in [0.4, 0.5) is 0 Å². The molecule has 46 heavy (non-hydrogen) atoms. The van der Waals surface area contributed by atoms with Crippen molar-refractivity contribution in [3.8, 4) is 0 Å². The third-order valence-electron chi connectivity index (χ3n) is 14.5. The maximum atomic E-state index is 12.3. The van der Waals surface area contributed by atoms with Gasteiger partial charge in [-0.25, -0.2) is 9.59 Å². The molecule has 262 valence electrons. The number of rotatable bonds is 15. The first-order valence-electron chi connectivity index (χ1n) is 19.0. The van der Waals surface area contributed by atoms with Gasteiger partial charge >= 0.3 is 11.9 Å². The number of carbonyl (C=O) groups is 2. The van der Waals surface area contributed by atoms with Crippen LogP contribution in [0.3, 0.4) is 0 Å². The van der Waals surface area contributed by atoms with Crippen LogP contribution >= 0.6 is 12.6 Å². The molecule has 0 bridgehead atoms. The van der Waals surface area contributed by atoms with Crippen molar-refractivity contribution >= 4 is 24.6 Å². The summed E-state index contributed by atoms with van der Waals surface area (Å²) in [7, 11) is 0. The van der Waals surface area contributed by atoms with Crippen LogP contribution < -0.4 is 0 Å². The molecule has 5 heteroatoms. The largest absolute Gasteiger partial charge is 0.462 e. The minimum Gasteiger partial charge on any atom is -0.462 e. The van der Waals surface area contributed by atoms with Gasteiger partial charge in [0.25, 0.3) is 0 Å². The second-order valence-electron chi connectivity index (χ2n) is 17.5. The molecule has 0 aromatic carbocycles. The van der Waals surface area contributed by atoms with E-state index in [1.807, 2.05) is 0 Å². The summed E-state index contributed by atoms with van der Waals surface area (Å²) < 4.78 is 11.1. The fraction of sp³-hybridized carbons (Fsp3) is 0.854. The first-order chi connectivity index (χ1) is 21.7. The molecule has 0 aliphatic heterocycles. The molecule has 0 heterocycles. The number of ether oxygens (including phenoxy) is 2. The molecule has 4 fully saturated rings. The van der Waals surface area contributed by atoms with E-state index in [-0.39, 0.29) is 30.9 Å². The molecule has 4 nitrogen and oxygen atoms in total. The highest BCUT2D eigenvalue weighted by Gasteiger charge is 2.60. The predicted molar refractivity (Wildman–Crippen MR) is 194 cm³/mol. The second-order valence-corrected chi connectivity index (χ2v) is 17.8. The Kier molecular flexibility index (Phi) is 13.1. The Labute approximate surface area is 288 Å². The number of fused-ring (bicyclic) bond motifs is 5. The summed E-state index contributed by atoms with van der Waals surface area (Å²) in [5, 5.41) is 0. The van der Waals surface area contributed by atoms with Gasteiger partial charge in [-0.1, -0.05) is 67.5 Å². The highest BCUT2D eigenvalue weighted by Crippen LogP contribution is 2.68. The van der Waals surface area contributed by atoms with Gasteiger partial charge in [-0.2, -0.15) is 12.6 Å². The summed E-state index contributed by atoms with van der Waals surface area (Å²) in [6.45, 7) is 24.8. The summed E-state index contributed by atoms with van der Waals surface area (Å²) in [6, 6.07) is 0. The van der Waals surface area contributed by atoms with Gasteiger partial charge in [0.05, 0.1) is 13.2 Å². The van der Waals surface area contributed by atoms with Crippen molar-refractivity contribution in [3.05, 3.63) is 24.3 Å². The summed E-state index contributed by atoms with van der Waals surface area (Å²) in [4.78, 5) is 24.4. The van der Waals surface area contributed by atoms with Crippen LogP contribution in [-0.4, -0.2) is 30.9 Å². The van der Waals surface area contributed by atoms with E-state index in [1.54, 1.807) is 6.92 Å². The van der Waals surface area contributed by atoms with Gasteiger partial charge in [0, 0.05) is 22.8 Å². The van der Waals surface area contributed by atoms with E-state index in [2.05, 4.69) is 67.3 Å². The van der Waals surface area contributed by atoms with Crippen molar-refractivity contribution in [1.82, 2.24) is 0 Å². The SMILES string of the molecule is C=C(C)C(=O)OCC(CC[C@H]1CC[C@@]2(C)C(CCC3C2CC[C@@]2(C)C3CC[C@@H]2[C@H](C)CC[C@@H](C)C(C)C)C1)COC(=O)C(=C)CS. The smallest absolute Gasteiger partial charge is 0.334 e. The highest BCUT2D eigenvalue weighted by molar-refractivity contribution is 7.80. The van der Waals surface area contributed by atoms with Crippen LogP contribution in [0.5, 0.6) is 0 Å². The predicted octanol–water partition coefficient (Wildman–Crippen LogP) is 10.5. The van der Waals surface area contributed by atoms with Gasteiger partial charge in [0.15, 0.2) is 0 Å². The lowest BCUT2D eigenvalue weighted by Gasteiger charge is -2.61. The Morgan fingerprint density at radius 1 is 0.826 bits per heavy atom. The third kappa shape index (κ3) is 8.31. The lowest BCUT2D eigenvalue weighted by atomic mass is 9.44. The zero-order valence-corrected chi connectivity index (χ0v) is 31.5. The molecule has 4 aliphatic rings. The van der Waals surface area contributed by atoms with E-state index in [4.69, 9.17) is 9.47 Å². The molecular weight excluding hydrogens is 589 g/mol. The lowest BCUT2D eigenvalue weighted by Crippen LogP contribution is -2.53. The Hall–Kier alpha value is -1.23. The minimum atomic E-state index is -0.413. The highest BCUT2D eigenvalue weighted by atomic mass is 32.1. The molecule has 0 N–H and O–H groups in total. The second kappa shape index (κ2) is 16.0. The lowest BCUT2D eigenvalue weighted by molar-refractivity contribution is -0.144. The molecule has 4 rings (SSSR count). The molecule has 0 spiro atoms. The first-order valence-corrected chi connectivity index (χ1v) is 19.6. The van der Waals surface area contributed by atoms with Crippen LogP contribution in [0, 0.1) is 70.0 Å². The van der Waals surface area contributed by atoms with Gasteiger partial charge in [0.2, 0.25) is 0 Å². The Morgan fingerprint density at radius 2 is 1.48 bits per heavy atom. The number of esters is 2. The molecule has 0 radical (unpaired) electrons. The van der Waals surface area contributed by atoms with Crippen LogP contribution in [-0.2, 0) is 19.1 Å². The van der Waals surface area contributed by atoms with E-state index in [1.165, 1.54) is 70.6 Å². The quantitative estimate of drug-likeness (QED) is 0.108. The standard InChI is InChI=1S/C41H68O4S/c1-26(2)28(5)10-11-29(6)35-16-17-36-34-15-14-33-22-31(18-20-40(33,8)37(34)19-21-41(35,36)9)12-13-32(23-44-38(42)27(3)4)24-45-39(43)30(7)25-46/h26,28-29,31-37,46H,3,7,10-25H2,1-2,4-6,8-9H3/t28-,29-,31+,32?,33?,34?,35-,36?,37?,40+,41-/m1/s1. The zero-order valence-electron chi connectivity index (χ0n) is 30.6. The third-order valence-corrected chi connectivity index (χ3v) is 14.8. The summed E-state index contributed by atoms with van der Waals surface area (Å²) in [5.41, 5.74) is 1.78. The fourth-order valence-electron chi connectivity index (χ4n) is 11.0. The van der Waals surface area contributed by atoms with Gasteiger partial charge in [-0.05, 0) is 142 Å². The first kappa shape index (κ1) is 37.6. The summed E-state index contributed by atoms with van der Waals surface area (Å²) in [5.74, 6) is 7.12. The molecule has 4 aliphatic carbocycles. The number of hydrogen-bond acceptors (Lipinski definition) is 5. The van der Waals surface area contributed by atoms with Crippen LogP contribution in [0.1, 0.15) is 132 Å². The molecule has 0 aromatic rings. The normalized spacial score (nSPS) is 35.7. The molecule has 11 atom stereocenters. The van der Waals surface area contributed by atoms with Crippen molar-refractivity contribution in [1.29, 1.82) is 0 Å². The monoisotopic (exact) mass is 656 g/mol. The van der Waals surface area contributed by atoms with Crippen LogP contribution in [0.15, 0.2) is 24.3 Å². The average molecular weight is 657 g/mol. The fourth-order valence-corrected chi connectivity index (χ4v) is 11.1. The van der Waals surface area contributed by atoms with Gasteiger partial charge in [-0.3, -0.25) is 0 Å². The van der Waals surface area contributed by atoms with E-state index in [0.717, 1.165) is 60.2 Å². The molecule has 0 saturated heterocycles. The average Bonchev–Trinajstić information content (AvgIpc) is 3.39. The Morgan fingerprint density at radius 3 is 2.13 bits per heavy atom. The van der Waals surface area contributed by atoms with Crippen molar-refractivity contribution < 1.29 is 19.1 Å². The van der Waals surface area contributed by atoms with E-state index in [0.29, 0.717) is 27.9 Å². The summed E-state index contributed by atoms with van der Waals surface area (Å²) >= 11 is 4.15. The topological polar surface area (TPSA) is 52.6 Å². The summed E-state index contributed by atoms with van der Waals surface area (Å²) in [6.07, 6.45) is 17.4. The van der Waals surface area contributed by atoms with Crippen molar-refractivity contribution in [2.75, 3.05) is 19.0 Å². The van der Waals surface area contributed by atoms with E-state index in [9.17, 15) is 9.59 Å². The van der Waals surface area contributed by atoms with Gasteiger partial charge in [-0.15, -0.1) is 0 Å². The Balaban J connectivity index is 1.33. The molecule has 0 aromatic heterocycles. The molecule has 4 saturated carbocycles. The Bertz CT molecular complexity index is 1080. The maximum absolute atomic E-state index is 12.3. The molecule has 5 unspecified atom stereocenters. The molecular formula is C41H68O4S. The number of carbonyl (C=O) groups excluding carboxylic acids is 2. The van der Waals surface area contributed by atoms with Crippen LogP contribution in [0.2, 0.25) is 0 Å². The maximum Gasteiger partial charge on any atom is 0.334 e. The zero-order chi connectivity index (χ0) is 33.8. The van der Waals surface area contributed by atoms with Crippen molar-refractivity contribution in [2.24, 2.45) is 70.0 Å². The van der Waals surface area contributed by atoms with E-state index < -0.39 is 5.97 Å². The van der Waals surface area contributed by atoms with Gasteiger partial charge < -0.3 is 9.47 Å². The number of hydrogen-bond donors (Lipinski definition) is 1. The van der Waals surface area contributed by atoms with Crippen molar-refractivity contribution in [2.45, 2.75) is 132 Å². The van der Waals surface area contributed by atoms with Gasteiger partial charge in [0.1, 0.15) is 0 Å². The number of thiol groups is 1. The van der Waals surface area contributed by atoms with Crippen molar-refractivity contribution in [3.63, 3.8) is 0 Å². The molecule has 0 amide bonds. The van der Waals surface area contributed by atoms with Crippen LogP contribution in [0.25, 0.3) is 0 Å². The minimum absolute atomic E-state index is 0.0219. The van der Waals surface area contributed by atoms with E-state index >= 15 is 0 Å².